The molecule has 1 aliphatic carbocycles. The highest BCUT2D eigenvalue weighted by Crippen LogP contribution is 2.25. The van der Waals surface area contributed by atoms with Gasteiger partial charge in [0.15, 0.2) is 5.78 Å². The largest absolute Gasteiger partial charge is 0.374 e. The number of nitrogens with zero attached hydrogens (tertiary/aromatic N) is 1. The third-order valence-corrected chi connectivity index (χ3v) is 3.40. The van der Waals surface area contributed by atoms with E-state index in [9.17, 15) is 9.59 Å². The highest BCUT2D eigenvalue weighted by Gasteiger charge is 2.27. The van der Waals surface area contributed by atoms with E-state index < -0.39 is 0 Å². The molecular weight excluding hydrogens is 204 g/mol. The van der Waals surface area contributed by atoms with Crippen molar-refractivity contribution in [1.82, 2.24) is 10.2 Å². The topological polar surface area (TPSA) is 49.4 Å². The summed E-state index contributed by atoms with van der Waals surface area (Å²) in [5, 5.41) is 2.70. The van der Waals surface area contributed by atoms with Crippen LogP contribution in [0.25, 0.3) is 0 Å². The number of rotatable bonds is 2. The Balaban J connectivity index is 1.99. The maximum Gasteiger partial charge on any atom is 0.224 e. The smallest absolute Gasteiger partial charge is 0.224 e. The molecule has 1 fully saturated rings. The molecule has 0 aromatic carbocycles. The van der Waals surface area contributed by atoms with Gasteiger partial charge in [0, 0.05) is 38.3 Å². The van der Waals surface area contributed by atoms with Crippen LogP contribution in [0.4, 0.5) is 0 Å². The molecule has 0 bridgehead atoms. The second kappa shape index (κ2) is 4.68. The minimum atomic E-state index is 0.0790. The van der Waals surface area contributed by atoms with E-state index in [1.54, 1.807) is 13.1 Å². The number of amides is 1. The molecule has 0 spiro atoms. The molecule has 1 amide bonds. The molecule has 2 rings (SSSR count). The van der Waals surface area contributed by atoms with E-state index in [1.165, 1.54) is 0 Å². The standard InChI is InChI=1S/C12H18N2O2/c1-13-12(16)9-3-2-6-14(8-9)10-4-5-11(15)7-10/h7,9H,2-6,8H2,1H3,(H,13,16). The van der Waals surface area contributed by atoms with Gasteiger partial charge in [0.1, 0.15) is 0 Å². The third-order valence-electron chi connectivity index (χ3n) is 3.40. The van der Waals surface area contributed by atoms with Gasteiger partial charge >= 0.3 is 0 Å². The van der Waals surface area contributed by atoms with E-state index in [2.05, 4.69) is 10.2 Å². The van der Waals surface area contributed by atoms with E-state index in [4.69, 9.17) is 0 Å². The van der Waals surface area contributed by atoms with Gasteiger partial charge in [-0.25, -0.2) is 0 Å². The molecule has 2 aliphatic rings. The number of carbonyl (C=O) groups excluding carboxylic acids is 2. The molecule has 1 N–H and O–H groups in total. The number of hydrogen-bond donors (Lipinski definition) is 1. The summed E-state index contributed by atoms with van der Waals surface area (Å²) in [5.41, 5.74) is 1.12. The highest BCUT2D eigenvalue weighted by molar-refractivity contribution is 5.92. The first-order chi connectivity index (χ1) is 7.70. The summed E-state index contributed by atoms with van der Waals surface area (Å²) < 4.78 is 0. The zero-order valence-corrected chi connectivity index (χ0v) is 9.66. The van der Waals surface area contributed by atoms with Gasteiger partial charge in [-0.1, -0.05) is 0 Å². The van der Waals surface area contributed by atoms with Gasteiger partial charge in [-0.15, -0.1) is 0 Å². The Morgan fingerprint density at radius 1 is 1.50 bits per heavy atom. The summed E-state index contributed by atoms with van der Waals surface area (Å²) in [7, 11) is 1.68. The molecule has 88 valence electrons. The van der Waals surface area contributed by atoms with E-state index in [1.807, 2.05) is 0 Å². The molecule has 1 unspecified atom stereocenters. The van der Waals surface area contributed by atoms with Gasteiger partial charge in [0.05, 0.1) is 5.92 Å². The summed E-state index contributed by atoms with van der Waals surface area (Å²) in [6, 6.07) is 0. The fraction of sp³-hybridized carbons (Fsp3) is 0.667. The van der Waals surface area contributed by atoms with E-state index in [-0.39, 0.29) is 17.6 Å². The van der Waals surface area contributed by atoms with Crippen LogP contribution in [-0.2, 0) is 9.59 Å². The number of carbonyl (C=O) groups is 2. The van der Waals surface area contributed by atoms with Crippen molar-refractivity contribution in [2.75, 3.05) is 20.1 Å². The second-order valence-electron chi connectivity index (χ2n) is 4.50. The predicted octanol–water partition coefficient (Wildman–Crippen LogP) is 0.691. The van der Waals surface area contributed by atoms with Crippen molar-refractivity contribution < 1.29 is 9.59 Å². The monoisotopic (exact) mass is 222 g/mol. The van der Waals surface area contributed by atoms with Crippen LogP contribution in [0.1, 0.15) is 25.7 Å². The van der Waals surface area contributed by atoms with E-state index in [0.717, 1.165) is 38.0 Å². The van der Waals surface area contributed by atoms with Crippen molar-refractivity contribution in [2.24, 2.45) is 5.92 Å². The van der Waals surface area contributed by atoms with Crippen LogP contribution in [0.3, 0.4) is 0 Å². The Bertz CT molecular complexity index is 336. The lowest BCUT2D eigenvalue weighted by atomic mass is 9.96. The minimum Gasteiger partial charge on any atom is -0.374 e. The van der Waals surface area contributed by atoms with Crippen molar-refractivity contribution in [3.05, 3.63) is 11.8 Å². The van der Waals surface area contributed by atoms with Crippen molar-refractivity contribution in [2.45, 2.75) is 25.7 Å². The zero-order valence-electron chi connectivity index (χ0n) is 9.66. The maximum absolute atomic E-state index is 11.6. The molecule has 4 heteroatoms. The normalized spacial score (nSPS) is 25.6. The van der Waals surface area contributed by atoms with Crippen molar-refractivity contribution in [3.63, 3.8) is 0 Å². The molecule has 1 heterocycles. The molecule has 1 saturated heterocycles. The highest BCUT2D eigenvalue weighted by atomic mass is 16.1. The quantitative estimate of drug-likeness (QED) is 0.748. The molecule has 16 heavy (non-hydrogen) atoms. The summed E-state index contributed by atoms with van der Waals surface area (Å²) in [5.74, 6) is 0.419. The number of allylic oxidation sites excluding steroid dienone is 2. The van der Waals surface area contributed by atoms with Crippen molar-refractivity contribution in [3.8, 4) is 0 Å². The van der Waals surface area contributed by atoms with E-state index >= 15 is 0 Å². The molecule has 0 radical (unpaired) electrons. The lowest BCUT2D eigenvalue weighted by molar-refractivity contribution is -0.125. The predicted molar refractivity (Wildman–Crippen MR) is 60.7 cm³/mol. The summed E-state index contributed by atoms with van der Waals surface area (Å²) in [6.45, 7) is 1.74. The lowest BCUT2D eigenvalue weighted by Crippen LogP contribution is -2.41. The van der Waals surface area contributed by atoms with Gasteiger partial charge < -0.3 is 10.2 Å². The minimum absolute atomic E-state index is 0.0790. The fourth-order valence-electron chi connectivity index (χ4n) is 2.49. The number of hydrogen-bond acceptors (Lipinski definition) is 3. The summed E-state index contributed by atoms with van der Waals surface area (Å²) in [6.07, 6.45) is 5.21. The van der Waals surface area contributed by atoms with Gasteiger partial charge in [-0.3, -0.25) is 9.59 Å². The Labute approximate surface area is 95.7 Å². The Morgan fingerprint density at radius 2 is 2.31 bits per heavy atom. The van der Waals surface area contributed by atoms with Crippen LogP contribution in [0, 0.1) is 5.92 Å². The van der Waals surface area contributed by atoms with Crippen molar-refractivity contribution >= 4 is 11.7 Å². The number of nitrogens with one attached hydrogen (secondary N) is 1. The van der Waals surface area contributed by atoms with Crippen LogP contribution in [0.15, 0.2) is 11.8 Å². The van der Waals surface area contributed by atoms with Gasteiger partial charge in [0.2, 0.25) is 5.91 Å². The average molecular weight is 222 g/mol. The molecule has 0 saturated carbocycles. The first-order valence-corrected chi connectivity index (χ1v) is 5.90. The maximum atomic E-state index is 11.6. The van der Waals surface area contributed by atoms with Crippen LogP contribution in [0.5, 0.6) is 0 Å². The first kappa shape index (κ1) is 11.2. The molecule has 1 atom stereocenters. The second-order valence-corrected chi connectivity index (χ2v) is 4.50. The van der Waals surface area contributed by atoms with Crippen molar-refractivity contribution in [1.29, 1.82) is 0 Å². The fourth-order valence-corrected chi connectivity index (χ4v) is 2.49. The van der Waals surface area contributed by atoms with Crippen LogP contribution < -0.4 is 5.32 Å². The van der Waals surface area contributed by atoms with Gasteiger partial charge in [-0.05, 0) is 19.3 Å². The van der Waals surface area contributed by atoms with E-state index in [0.29, 0.717) is 6.42 Å². The molecular formula is C12H18N2O2. The van der Waals surface area contributed by atoms with Crippen LogP contribution in [0.2, 0.25) is 0 Å². The SMILES string of the molecule is CNC(=O)C1CCCN(C2=CC(=O)CC2)C1. The Hall–Kier alpha value is -1.32. The van der Waals surface area contributed by atoms with Crippen LogP contribution in [-0.4, -0.2) is 36.7 Å². The zero-order chi connectivity index (χ0) is 11.5. The Kier molecular flexibility index (Phi) is 3.27. The van der Waals surface area contributed by atoms with Gasteiger partial charge in [-0.2, -0.15) is 0 Å². The Morgan fingerprint density at radius 3 is 2.94 bits per heavy atom. The number of piperidine rings is 1. The average Bonchev–Trinajstić information content (AvgIpc) is 2.75. The number of ketones is 1. The molecule has 0 aromatic heterocycles. The van der Waals surface area contributed by atoms with Gasteiger partial charge in [0.25, 0.3) is 0 Å². The molecule has 4 nitrogen and oxygen atoms in total. The lowest BCUT2D eigenvalue weighted by Gasteiger charge is -2.34. The summed E-state index contributed by atoms with van der Waals surface area (Å²) in [4.78, 5) is 25.0. The molecule has 1 aliphatic heterocycles. The number of likely N-dealkylation sites (tertiary alicyclic amines) is 1. The summed E-state index contributed by atoms with van der Waals surface area (Å²) >= 11 is 0. The first-order valence-electron chi connectivity index (χ1n) is 5.90. The molecule has 0 aromatic rings. The third kappa shape index (κ3) is 2.26. The van der Waals surface area contributed by atoms with Crippen LogP contribution >= 0.6 is 0 Å².